The van der Waals surface area contributed by atoms with Crippen LogP contribution in [0.4, 0.5) is 0 Å². The topological polar surface area (TPSA) is 121 Å². The van der Waals surface area contributed by atoms with Crippen molar-refractivity contribution in [2.75, 3.05) is 39.6 Å². The highest BCUT2D eigenvalue weighted by molar-refractivity contribution is 5.08. The third-order valence-corrected chi connectivity index (χ3v) is 11.3. The molecule has 0 aromatic heterocycles. The van der Waals surface area contributed by atoms with Crippen molar-refractivity contribution in [3.05, 3.63) is 0 Å². The van der Waals surface area contributed by atoms with Gasteiger partial charge in [-0.1, -0.05) is 122 Å². The van der Waals surface area contributed by atoms with Crippen LogP contribution in [0, 0.1) is 16.2 Å². The third kappa shape index (κ3) is 13.0. The van der Waals surface area contributed by atoms with Gasteiger partial charge in [-0.2, -0.15) is 0 Å². The van der Waals surface area contributed by atoms with Gasteiger partial charge in [0.15, 0.2) is 0 Å². The van der Waals surface area contributed by atoms with Gasteiger partial charge < -0.3 is 30.6 Å². The highest BCUT2D eigenvalue weighted by Gasteiger charge is 2.59. The zero-order valence-electron chi connectivity index (χ0n) is 27.5. The Kier molecular flexibility index (Phi) is 23.7. The van der Waals surface area contributed by atoms with Gasteiger partial charge in [0.25, 0.3) is 0 Å². The molecule has 6 N–H and O–H groups in total. The summed E-state index contributed by atoms with van der Waals surface area (Å²) in [6, 6.07) is 0. The minimum absolute atomic E-state index is 0.0209. The molecular weight excluding hydrogens is 528 g/mol. The lowest BCUT2D eigenvalue weighted by Gasteiger charge is -2.62. The minimum atomic E-state index is -0.617. The average molecular weight is 601 g/mol. The molecule has 0 heterocycles. The van der Waals surface area contributed by atoms with Crippen molar-refractivity contribution >= 4 is 0 Å². The van der Waals surface area contributed by atoms with E-state index in [1.807, 2.05) is 0 Å². The zero-order chi connectivity index (χ0) is 30.8. The van der Waals surface area contributed by atoms with Gasteiger partial charge in [-0.25, -0.2) is 0 Å². The fourth-order valence-electron chi connectivity index (χ4n) is 9.10. The minimum Gasteiger partial charge on any atom is -0.396 e. The van der Waals surface area contributed by atoms with Crippen molar-refractivity contribution in [1.82, 2.24) is 0 Å². The molecule has 252 valence electrons. The van der Waals surface area contributed by atoms with Gasteiger partial charge in [0, 0.05) is 39.6 Å². The van der Waals surface area contributed by atoms with Gasteiger partial charge >= 0.3 is 0 Å². The molecule has 0 radical (unpaired) electrons. The van der Waals surface area contributed by atoms with Gasteiger partial charge in [0.2, 0.25) is 0 Å². The van der Waals surface area contributed by atoms with E-state index in [0.29, 0.717) is 38.5 Å². The second-order valence-electron chi connectivity index (χ2n) is 13.7. The Hall–Kier alpha value is -0.240. The first-order valence-electron chi connectivity index (χ1n) is 18.2. The number of hydrogen-bond acceptors (Lipinski definition) is 6. The van der Waals surface area contributed by atoms with Gasteiger partial charge in [0.05, 0.1) is 0 Å². The SMILES string of the molecule is OCCC1(CCO)CCCCCCCCCCCCCCCCCCCCCC(CCO)(CCO)C1(CCO)CCO. The Morgan fingerprint density at radius 1 is 0.262 bits per heavy atom. The Balaban J connectivity index is 3.36. The molecular formula is C36H72O6. The van der Waals surface area contributed by atoms with Crippen LogP contribution in [0.15, 0.2) is 0 Å². The number of hydrogen-bond donors (Lipinski definition) is 6. The smallest absolute Gasteiger partial charge is 0.0436 e. The summed E-state index contributed by atoms with van der Waals surface area (Å²) >= 11 is 0. The standard InChI is InChI=1S/C36H72O6/c37-28-22-34(23-29-38)20-18-16-14-12-10-8-6-4-2-1-3-5-7-9-11-13-15-17-19-21-35(24-30-39,25-31-40)36(34,26-32-41)27-33-42/h37-42H,1-33H2. The van der Waals surface area contributed by atoms with Crippen LogP contribution in [0.1, 0.15) is 173 Å². The molecule has 0 spiro atoms. The molecule has 0 aromatic rings. The lowest BCUT2D eigenvalue weighted by Crippen LogP contribution is -2.56. The average Bonchev–Trinajstić information content (AvgIpc) is 2.97. The first-order chi connectivity index (χ1) is 20.6. The predicted molar refractivity (Wildman–Crippen MR) is 174 cm³/mol. The Bertz CT molecular complexity index is 535. The van der Waals surface area contributed by atoms with Crippen molar-refractivity contribution in [2.45, 2.75) is 173 Å². The molecule has 1 saturated carbocycles. The lowest BCUT2D eigenvalue weighted by atomic mass is 9.42. The van der Waals surface area contributed by atoms with Crippen molar-refractivity contribution < 1.29 is 30.6 Å². The fourth-order valence-corrected chi connectivity index (χ4v) is 9.10. The molecule has 0 aliphatic heterocycles. The molecule has 0 atom stereocenters. The van der Waals surface area contributed by atoms with Crippen LogP contribution >= 0.6 is 0 Å². The Labute approximate surface area is 259 Å². The molecule has 1 fully saturated rings. The maximum atomic E-state index is 10.5. The molecule has 6 heteroatoms. The first-order valence-corrected chi connectivity index (χ1v) is 18.2. The molecule has 0 aromatic carbocycles. The highest BCUT2D eigenvalue weighted by atomic mass is 16.3. The highest BCUT2D eigenvalue weighted by Crippen LogP contribution is 2.65. The second-order valence-corrected chi connectivity index (χ2v) is 13.7. The normalized spacial score (nSPS) is 22.7. The van der Waals surface area contributed by atoms with E-state index in [4.69, 9.17) is 0 Å². The summed E-state index contributed by atoms with van der Waals surface area (Å²) < 4.78 is 0. The monoisotopic (exact) mass is 601 g/mol. The van der Waals surface area contributed by atoms with Crippen LogP contribution in [-0.2, 0) is 0 Å². The summed E-state index contributed by atoms with van der Waals surface area (Å²) in [7, 11) is 0. The van der Waals surface area contributed by atoms with Crippen molar-refractivity contribution in [3.8, 4) is 0 Å². The van der Waals surface area contributed by atoms with E-state index >= 15 is 0 Å². The maximum Gasteiger partial charge on any atom is 0.0436 e. The fraction of sp³-hybridized carbons (Fsp3) is 1.00. The first kappa shape index (κ1) is 39.8. The van der Waals surface area contributed by atoms with E-state index in [-0.39, 0.29) is 39.6 Å². The summed E-state index contributed by atoms with van der Waals surface area (Å²) in [5.41, 5.74) is -1.62. The summed E-state index contributed by atoms with van der Waals surface area (Å²) in [6.45, 7) is -0.200. The quantitative estimate of drug-likeness (QED) is 0.138. The Morgan fingerprint density at radius 2 is 0.452 bits per heavy atom. The van der Waals surface area contributed by atoms with Gasteiger partial charge in [-0.05, 0) is 67.6 Å². The molecule has 42 heavy (non-hydrogen) atoms. The summed E-state index contributed by atoms with van der Waals surface area (Å²) in [5, 5.41) is 62.8. The van der Waals surface area contributed by atoms with Crippen LogP contribution in [-0.4, -0.2) is 70.3 Å². The number of rotatable bonds is 12. The summed E-state index contributed by atoms with van der Waals surface area (Å²) in [6.07, 6.45) is 28.3. The van der Waals surface area contributed by atoms with Crippen LogP contribution in [0.25, 0.3) is 0 Å². The second kappa shape index (κ2) is 25.0. The molecule has 1 aliphatic rings. The van der Waals surface area contributed by atoms with E-state index in [1.165, 1.54) is 96.3 Å². The summed E-state index contributed by atoms with van der Waals surface area (Å²) in [5.74, 6) is 0. The van der Waals surface area contributed by atoms with Crippen LogP contribution in [0.2, 0.25) is 0 Å². The third-order valence-electron chi connectivity index (χ3n) is 11.3. The lowest BCUT2D eigenvalue weighted by molar-refractivity contribution is -0.159. The molecule has 1 rings (SSSR count). The van der Waals surface area contributed by atoms with Crippen molar-refractivity contribution in [2.24, 2.45) is 16.2 Å². The van der Waals surface area contributed by atoms with Crippen molar-refractivity contribution in [1.29, 1.82) is 0 Å². The van der Waals surface area contributed by atoms with Crippen LogP contribution < -0.4 is 0 Å². The molecule has 0 unspecified atom stereocenters. The van der Waals surface area contributed by atoms with E-state index in [1.54, 1.807) is 0 Å². The van der Waals surface area contributed by atoms with E-state index in [9.17, 15) is 30.6 Å². The number of aliphatic hydroxyl groups is 6. The van der Waals surface area contributed by atoms with E-state index in [2.05, 4.69) is 0 Å². The summed E-state index contributed by atoms with van der Waals surface area (Å²) in [4.78, 5) is 0. The van der Waals surface area contributed by atoms with E-state index < -0.39 is 16.2 Å². The van der Waals surface area contributed by atoms with Crippen LogP contribution in [0.3, 0.4) is 0 Å². The largest absolute Gasteiger partial charge is 0.396 e. The van der Waals surface area contributed by atoms with Gasteiger partial charge in [-0.3, -0.25) is 0 Å². The molecule has 0 amide bonds. The molecule has 0 saturated heterocycles. The van der Waals surface area contributed by atoms with Gasteiger partial charge in [-0.15, -0.1) is 0 Å². The maximum absolute atomic E-state index is 10.5. The number of aliphatic hydroxyl groups excluding tert-OH is 6. The zero-order valence-corrected chi connectivity index (χ0v) is 27.5. The van der Waals surface area contributed by atoms with Crippen molar-refractivity contribution in [3.63, 3.8) is 0 Å². The predicted octanol–water partition coefficient (Wildman–Crippen LogP) is 7.45. The van der Waals surface area contributed by atoms with Gasteiger partial charge in [0.1, 0.15) is 0 Å². The van der Waals surface area contributed by atoms with E-state index in [0.717, 1.165) is 38.5 Å². The molecule has 1 aliphatic carbocycles. The molecule has 0 bridgehead atoms. The molecule has 6 nitrogen and oxygen atoms in total. The van der Waals surface area contributed by atoms with Crippen LogP contribution in [0.5, 0.6) is 0 Å². The Morgan fingerprint density at radius 3 is 0.643 bits per heavy atom.